The molecule has 0 unspecified atom stereocenters. The maximum absolute atomic E-state index is 12.5. The first-order valence-corrected chi connectivity index (χ1v) is 6.70. The first-order valence-electron chi connectivity index (χ1n) is 5.58. The third-order valence-electron chi connectivity index (χ3n) is 3.00. The highest BCUT2D eigenvalue weighted by atomic mass is 79.9. The summed E-state index contributed by atoms with van der Waals surface area (Å²) in [6.07, 6.45) is 0.689. The number of methoxy groups -OCH3 is 1. The van der Waals surface area contributed by atoms with Gasteiger partial charge >= 0.3 is 5.97 Å². The fourth-order valence-corrected chi connectivity index (χ4v) is 2.62. The molecular weight excluding hydrogens is 300 g/mol. The maximum atomic E-state index is 12.5. The minimum Gasteiger partial charge on any atom is -0.497 e. The second kappa shape index (κ2) is 5.10. The summed E-state index contributed by atoms with van der Waals surface area (Å²) in [7, 11) is 1.54. The quantitative estimate of drug-likeness (QED) is 0.486. The fourth-order valence-electron chi connectivity index (χ4n) is 1.97. The molecular formula is C13H13BrO4. The lowest BCUT2D eigenvalue weighted by Crippen LogP contribution is -2.40. The zero-order valence-electron chi connectivity index (χ0n) is 9.94. The van der Waals surface area contributed by atoms with Crippen LogP contribution in [0.3, 0.4) is 0 Å². The molecule has 1 fully saturated rings. The van der Waals surface area contributed by atoms with Crippen molar-refractivity contribution in [2.75, 3.05) is 12.4 Å². The smallest absolute Gasteiger partial charge is 0.306 e. The fraction of sp³-hybridized carbons (Fsp3) is 0.385. The average Bonchev–Trinajstić information content (AvgIpc) is 2.81. The van der Waals surface area contributed by atoms with Crippen molar-refractivity contribution in [2.45, 2.75) is 18.4 Å². The number of ketones is 1. The van der Waals surface area contributed by atoms with Crippen LogP contribution >= 0.6 is 15.9 Å². The van der Waals surface area contributed by atoms with Crippen molar-refractivity contribution in [3.05, 3.63) is 29.8 Å². The molecule has 1 heterocycles. The third-order valence-corrected chi connectivity index (χ3v) is 3.91. The number of esters is 1. The first-order chi connectivity index (χ1) is 8.61. The highest BCUT2D eigenvalue weighted by Crippen LogP contribution is 2.32. The highest BCUT2D eigenvalue weighted by molar-refractivity contribution is 9.09. The van der Waals surface area contributed by atoms with E-state index in [1.807, 2.05) is 0 Å². The molecule has 0 amide bonds. The summed E-state index contributed by atoms with van der Waals surface area (Å²) >= 11 is 3.27. The molecule has 1 atom stereocenters. The van der Waals surface area contributed by atoms with Crippen molar-refractivity contribution in [2.24, 2.45) is 0 Å². The zero-order valence-corrected chi connectivity index (χ0v) is 11.5. The number of carbonyl (C=O) groups is 2. The van der Waals surface area contributed by atoms with Gasteiger partial charge in [0.15, 0.2) is 5.60 Å². The van der Waals surface area contributed by atoms with E-state index in [1.54, 1.807) is 31.4 Å². The maximum Gasteiger partial charge on any atom is 0.306 e. The van der Waals surface area contributed by atoms with Gasteiger partial charge in [0.25, 0.3) is 0 Å². The topological polar surface area (TPSA) is 52.6 Å². The van der Waals surface area contributed by atoms with Gasteiger partial charge < -0.3 is 9.47 Å². The Balaban J connectivity index is 2.31. The van der Waals surface area contributed by atoms with E-state index in [1.165, 1.54) is 0 Å². The van der Waals surface area contributed by atoms with Crippen molar-refractivity contribution < 1.29 is 19.1 Å². The molecule has 0 radical (unpaired) electrons. The van der Waals surface area contributed by atoms with Gasteiger partial charge in [0.2, 0.25) is 5.78 Å². The lowest BCUT2D eigenvalue weighted by Gasteiger charge is -2.23. The van der Waals surface area contributed by atoms with E-state index in [0.717, 1.165) is 0 Å². The number of Topliss-reactive ketones (excluding diaryl/α,β-unsaturated/α-hetero) is 1. The molecule has 1 saturated heterocycles. The van der Waals surface area contributed by atoms with Gasteiger partial charge in [-0.1, -0.05) is 28.1 Å². The van der Waals surface area contributed by atoms with Crippen LogP contribution in [0.1, 0.15) is 23.2 Å². The molecule has 1 aliphatic heterocycles. The standard InChI is InChI=1S/C13H13BrO4/c1-17-10-4-2-3-9(7-10)12(16)13(8-14)6-5-11(15)18-13/h2-4,7H,5-6,8H2,1H3/t13-/m0/s1. The van der Waals surface area contributed by atoms with Gasteiger partial charge in [-0.05, 0) is 12.1 Å². The molecule has 4 nitrogen and oxygen atoms in total. The predicted octanol–water partition coefficient (Wildman–Crippen LogP) is 2.35. The molecule has 5 heteroatoms. The van der Waals surface area contributed by atoms with E-state index in [2.05, 4.69) is 15.9 Å². The molecule has 0 aliphatic carbocycles. The molecule has 0 bridgehead atoms. The average molecular weight is 313 g/mol. The molecule has 0 saturated carbocycles. The summed E-state index contributed by atoms with van der Waals surface area (Å²) in [5, 5.41) is 0.307. The van der Waals surface area contributed by atoms with Crippen molar-refractivity contribution >= 4 is 27.7 Å². The van der Waals surface area contributed by atoms with Crippen LogP contribution in [0, 0.1) is 0 Å². The monoisotopic (exact) mass is 312 g/mol. The van der Waals surface area contributed by atoms with Crippen molar-refractivity contribution in [1.82, 2.24) is 0 Å². The third kappa shape index (κ3) is 2.27. The normalized spacial score (nSPS) is 22.7. The largest absolute Gasteiger partial charge is 0.497 e. The van der Waals surface area contributed by atoms with Gasteiger partial charge in [0.1, 0.15) is 5.75 Å². The highest BCUT2D eigenvalue weighted by Gasteiger charge is 2.46. The van der Waals surface area contributed by atoms with Crippen LogP contribution in [0.15, 0.2) is 24.3 Å². The Morgan fingerprint density at radius 3 is 2.89 bits per heavy atom. The summed E-state index contributed by atoms with van der Waals surface area (Å²) in [6.45, 7) is 0. The van der Waals surface area contributed by atoms with Gasteiger partial charge in [0.05, 0.1) is 12.4 Å². The van der Waals surface area contributed by atoms with Crippen LogP contribution in [0.2, 0.25) is 0 Å². The van der Waals surface area contributed by atoms with E-state index in [9.17, 15) is 9.59 Å². The molecule has 0 N–H and O–H groups in total. The van der Waals surface area contributed by atoms with Crippen LogP contribution in [0.5, 0.6) is 5.75 Å². The zero-order chi connectivity index (χ0) is 13.2. The van der Waals surface area contributed by atoms with E-state index in [-0.39, 0.29) is 18.2 Å². The second-order valence-corrected chi connectivity index (χ2v) is 4.72. The van der Waals surface area contributed by atoms with Crippen LogP contribution in [-0.2, 0) is 9.53 Å². The number of carbonyl (C=O) groups excluding carboxylic acids is 2. The predicted molar refractivity (Wildman–Crippen MR) is 69.2 cm³/mol. The van der Waals surface area contributed by atoms with Gasteiger partial charge in [-0.25, -0.2) is 0 Å². The molecule has 1 aromatic carbocycles. The molecule has 0 aromatic heterocycles. The number of halogens is 1. The molecule has 96 valence electrons. The van der Waals surface area contributed by atoms with E-state index >= 15 is 0 Å². The Kier molecular flexibility index (Phi) is 3.71. The molecule has 1 aromatic rings. The Morgan fingerprint density at radius 1 is 1.56 bits per heavy atom. The van der Waals surface area contributed by atoms with Gasteiger partial charge in [-0.15, -0.1) is 0 Å². The Labute approximate surface area is 113 Å². The van der Waals surface area contributed by atoms with Crippen LogP contribution in [0.25, 0.3) is 0 Å². The lowest BCUT2D eigenvalue weighted by atomic mass is 9.92. The number of rotatable bonds is 4. The number of alkyl halides is 1. The van der Waals surface area contributed by atoms with E-state index in [0.29, 0.717) is 23.1 Å². The van der Waals surface area contributed by atoms with E-state index < -0.39 is 5.60 Å². The lowest BCUT2D eigenvalue weighted by molar-refractivity contribution is -0.144. The van der Waals surface area contributed by atoms with Crippen LogP contribution in [0.4, 0.5) is 0 Å². The summed E-state index contributed by atoms with van der Waals surface area (Å²) < 4.78 is 10.3. The number of cyclic esters (lactones) is 1. The molecule has 0 spiro atoms. The summed E-state index contributed by atoms with van der Waals surface area (Å²) in [6, 6.07) is 6.85. The van der Waals surface area contributed by atoms with Crippen LogP contribution in [-0.4, -0.2) is 29.8 Å². The summed E-state index contributed by atoms with van der Waals surface area (Å²) in [4.78, 5) is 23.7. The summed E-state index contributed by atoms with van der Waals surface area (Å²) in [5.41, 5.74) is -0.577. The number of hydrogen-bond donors (Lipinski definition) is 0. The second-order valence-electron chi connectivity index (χ2n) is 4.16. The molecule has 2 rings (SSSR count). The van der Waals surface area contributed by atoms with Crippen LogP contribution < -0.4 is 4.74 Å². The van der Waals surface area contributed by atoms with Crippen molar-refractivity contribution in [3.8, 4) is 5.75 Å². The number of ether oxygens (including phenoxy) is 2. The summed E-state index contributed by atoms with van der Waals surface area (Å²) in [5.74, 6) is 0.0877. The van der Waals surface area contributed by atoms with Gasteiger partial charge in [-0.3, -0.25) is 9.59 Å². The number of benzene rings is 1. The number of hydrogen-bond acceptors (Lipinski definition) is 4. The van der Waals surface area contributed by atoms with Crippen molar-refractivity contribution in [1.29, 1.82) is 0 Å². The van der Waals surface area contributed by atoms with Gasteiger partial charge in [0, 0.05) is 18.4 Å². The molecule has 18 heavy (non-hydrogen) atoms. The van der Waals surface area contributed by atoms with Crippen molar-refractivity contribution in [3.63, 3.8) is 0 Å². The van der Waals surface area contributed by atoms with Gasteiger partial charge in [-0.2, -0.15) is 0 Å². The Morgan fingerprint density at radius 2 is 2.33 bits per heavy atom. The Bertz CT molecular complexity index is 486. The SMILES string of the molecule is COc1cccc(C(=O)[C@@]2(CBr)CCC(=O)O2)c1. The Hall–Kier alpha value is -1.36. The minimum atomic E-state index is -1.07. The van der Waals surface area contributed by atoms with E-state index in [4.69, 9.17) is 9.47 Å². The molecule has 1 aliphatic rings. The first kappa shape index (κ1) is 13.1. The minimum absolute atomic E-state index is 0.191.